The number of carbonyl (C=O) groups is 3. The van der Waals surface area contributed by atoms with E-state index in [0.717, 1.165) is 89.9 Å². The monoisotopic (exact) mass is 869 g/mol. The third-order valence-corrected chi connectivity index (χ3v) is 11.5. The second-order valence-electron chi connectivity index (χ2n) is 17.8. The van der Waals surface area contributed by atoms with E-state index in [1.165, 1.54) is 141 Å². The topological polar surface area (TPSA) is 78.9 Å². The molecule has 0 bridgehead atoms. The molecule has 0 aliphatic carbocycles. The Kier molecular flexibility index (Phi) is 48.8. The minimum absolute atomic E-state index is 0.0828. The predicted octanol–water partition coefficient (Wildman–Crippen LogP) is 17.5. The van der Waals surface area contributed by atoms with E-state index in [1.807, 2.05) is 0 Å². The van der Waals surface area contributed by atoms with Crippen molar-refractivity contribution in [2.45, 2.75) is 277 Å². The van der Waals surface area contributed by atoms with Crippen molar-refractivity contribution in [3.63, 3.8) is 0 Å². The highest BCUT2D eigenvalue weighted by Crippen LogP contribution is 2.14. The van der Waals surface area contributed by atoms with Crippen molar-refractivity contribution in [1.29, 1.82) is 0 Å². The molecule has 0 unspecified atom stereocenters. The van der Waals surface area contributed by atoms with Gasteiger partial charge in [-0.3, -0.25) is 14.4 Å². The molecule has 0 aliphatic heterocycles. The molecular weight excluding hydrogens is 769 g/mol. The summed E-state index contributed by atoms with van der Waals surface area (Å²) >= 11 is 0. The van der Waals surface area contributed by atoms with E-state index >= 15 is 0 Å². The summed E-state index contributed by atoms with van der Waals surface area (Å²) in [7, 11) is 0. The van der Waals surface area contributed by atoms with Crippen LogP contribution in [-0.2, 0) is 28.6 Å². The van der Waals surface area contributed by atoms with Gasteiger partial charge in [0.15, 0.2) is 6.10 Å². The first kappa shape index (κ1) is 59.4. The minimum Gasteiger partial charge on any atom is -0.462 e. The standard InChI is InChI=1S/C56H100O6/c1-4-7-10-13-16-19-22-25-27-28-29-32-34-37-40-43-46-49-55(58)61-52-53(51-60-54(57)48-45-42-39-36-33-30-24-21-18-15-12-9-6-3)62-56(59)50-47-44-41-38-35-31-26-23-20-17-14-11-8-5-2/h14,17,21,23-27,53H,4-13,15-16,18-20,22,28-52H2,1-3H3/b17-14-,24-21-,26-23-,27-25-/t53-/m1/s1. The highest BCUT2D eigenvalue weighted by atomic mass is 16.6. The Labute approximate surface area is 384 Å². The molecule has 0 aliphatic rings. The molecule has 0 N–H and O–H groups in total. The molecule has 6 heteroatoms. The van der Waals surface area contributed by atoms with Crippen molar-refractivity contribution < 1.29 is 28.6 Å². The Morgan fingerprint density at radius 2 is 0.597 bits per heavy atom. The molecule has 0 aromatic carbocycles. The van der Waals surface area contributed by atoms with Gasteiger partial charge in [-0.15, -0.1) is 0 Å². The molecule has 0 fully saturated rings. The van der Waals surface area contributed by atoms with Gasteiger partial charge in [0.1, 0.15) is 13.2 Å². The van der Waals surface area contributed by atoms with Gasteiger partial charge >= 0.3 is 17.9 Å². The second kappa shape index (κ2) is 51.0. The molecule has 0 radical (unpaired) electrons. The first-order chi connectivity index (χ1) is 30.5. The molecule has 0 heterocycles. The fourth-order valence-electron chi connectivity index (χ4n) is 7.45. The highest BCUT2D eigenvalue weighted by Gasteiger charge is 2.19. The third kappa shape index (κ3) is 48.4. The van der Waals surface area contributed by atoms with Crippen LogP contribution in [-0.4, -0.2) is 37.2 Å². The summed E-state index contributed by atoms with van der Waals surface area (Å²) in [4.78, 5) is 38.0. The number of allylic oxidation sites excluding steroid dienone is 8. The minimum atomic E-state index is -0.784. The lowest BCUT2D eigenvalue weighted by Gasteiger charge is -2.18. The molecule has 0 saturated heterocycles. The highest BCUT2D eigenvalue weighted by molar-refractivity contribution is 5.71. The van der Waals surface area contributed by atoms with Gasteiger partial charge < -0.3 is 14.2 Å². The van der Waals surface area contributed by atoms with Gasteiger partial charge in [0.2, 0.25) is 0 Å². The van der Waals surface area contributed by atoms with Crippen molar-refractivity contribution in [2.24, 2.45) is 0 Å². The largest absolute Gasteiger partial charge is 0.462 e. The maximum Gasteiger partial charge on any atom is 0.306 e. The lowest BCUT2D eigenvalue weighted by molar-refractivity contribution is -0.167. The summed E-state index contributed by atoms with van der Waals surface area (Å²) in [6, 6.07) is 0. The molecule has 360 valence electrons. The zero-order valence-corrected chi connectivity index (χ0v) is 41.1. The van der Waals surface area contributed by atoms with E-state index < -0.39 is 6.10 Å². The number of unbranched alkanes of at least 4 members (excludes halogenated alkanes) is 29. The van der Waals surface area contributed by atoms with Gasteiger partial charge in [0.05, 0.1) is 0 Å². The van der Waals surface area contributed by atoms with Crippen molar-refractivity contribution >= 4 is 17.9 Å². The molecule has 0 aromatic heterocycles. The van der Waals surface area contributed by atoms with Crippen molar-refractivity contribution in [3.05, 3.63) is 48.6 Å². The molecule has 0 rings (SSSR count). The summed E-state index contributed by atoms with van der Waals surface area (Å²) in [5, 5.41) is 0. The average molecular weight is 869 g/mol. The van der Waals surface area contributed by atoms with Gasteiger partial charge in [0.25, 0.3) is 0 Å². The van der Waals surface area contributed by atoms with E-state index in [1.54, 1.807) is 0 Å². The van der Waals surface area contributed by atoms with Crippen molar-refractivity contribution in [3.8, 4) is 0 Å². The van der Waals surface area contributed by atoms with E-state index in [-0.39, 0.29) is 31.1 Å². The molecule has 0 saturated carbocycles. The van der Waals surface area contributed by atoms with Crippen LogP contribution in [0.1, 0.15) is 271 Å². The normalized spacial score (nSPS) is 12.4. The summed E-state index contributed by atoms with van der Waals surface area (Å²) in [6.45, 7) is 6.57. The summed E-state index contributed by atoms with van der Waals surface area (Å²) < 4.78 is 16.8. The number of esters is 3. The Balaban J connectivity index is 4.39. The van der Waals surface area contributed by atoms with Gasteiger partial charge in [-0.05, 0) is 96.3 Å². The fraction of sp³-hybridized carbons (Fsp3) is 0.804. The van der Waals surface area contributed by atoms with Crippen molar-refractivity contribution in [1.82, 2.24) is 0 Å². The average Bonchev–Trinajstić information content (AvgIpc) is 3.27. The van der Waals surface area contributed by atoms with Gasteiger partial charge in [-0.2, -0.15) is 0 Å². The van der Waals surface area contributed by atoms with Crippen LogP contribution in [0.3, 0.4) is 0 Å². The van der Waals surface area contributed by atoms with E-state index in [4.69, 9.17) is 14.2 Å². The molecule has 0 amide bonds. The van der Waals surface area contributed by atoms with E-state index in [9.17, 15) is 14.4 Å². The Morgan fingerprint density at radius 1 is 0.323 bits per heavy atom. The first-order valence-corrected chi connectivity index (χ1v) is 26.6. The summed E-state index contributed by atoms with van der Waals surface area (Å²) in [6.07, 6.45) is 60.9. The Morgan fingerprint density at radius 3 is 0.968 bits per heavy atom. The molecule has 62 heavy (non-hydrogen) atoms. The zero-order chi connectivity index (χ0) is 45.1. The van der Waals surface area contributed by atoms with Crippen LogP contribution in [0.4, 0.5) is 0 Å². The quantitative estimate of drug-likeness (QED) is 0.0262. The number of hydrogen-bond donors (Lipinski definition) is 0. The van der Waals surface area contributed by atoms with Crippen LogP contribution in [0.2, 0.25) is 0 Å². The van der Waals surface area contributed by atoms with Crippen LogP contribution < -0.4 is 0 Å². The van der Waals surface area contributed by atoms with Crippen LogP contribution in [0.15, 0.2) is 48.6 Å². The van der Waals surface area contributed by atoms with Crippen LogP contribution >= 0.6 is 0 Å². The molecule has 1 atom stereocenters. The van der Waals surface area contributed by atoms with Crippen LogP contribution in [0, 0.1) is 0 Å². The SMILES string of the molecule is CCCC/C=C\C/C=C\CCCCCCCC(=O)O[C@H](COC(=O)CCCCCCC/C=C\CCCCCC)COC(=O)CCCCCCCCC/C=C\CCCCCCCC. The smallest absolute Gasteiger partial charge is 0.306 e. The van der Waals surface area contributed by atoms with Gasteiger partial charge in [-0.25, -0.2) is 0 Å². The number of rotatable bonds is 48. The first-order valence-electron chi connectivity index (χ1n) is 26.6. The molecule has 0 aromatic rings. The summed E-state index contributed by atoms with van der Waals surface area (Å²) in [5.41, 5.74) is 0. The lowest BCUT2D eigenvalue weighted by atomic mass is 10.1. The third-order valence-electron chi connectivity index (χ3n) is 11.5. The van der Waals surface area contributed by atoms with Crippen LogP contribution in [0.5, 0.6) is 0 Å². The van der Waals surface area contributed by atoms with E-state index in [0.29, 0.717) is 19.3 Å². The number of ether oxygens (including phenoxy) is 3. The lowest BCUT2D eigenvalue weighted by Crippen LogP contribution is -2.30. The molecular formula is C56H100O6. The fourth-order valence-corrected chi connectivity index (χ4v) is 7.45. The number of carbonyl (C=O) groups excluding carboxylic acids is 3. The second-order valence-corrected chi connectivity index (χ2v) is 17.8. The van der Waals surface area contributed by atoms with Gasteiger partial charge in [0, 0.05) is 19.3 Å². The van der Waals surface area contributed by atoms with Crippen molar-refractivity contribution in [2.75, 3.05) is 13.2 Å². The molecule has 6 nitrogen and oxygen atoms in total. The Hall–Kier alpha value is -2.63. The molecule has 0 spiro atoms. The number of hydrogen-bond acceptors (Lipinski definition) is 6. The summed E-state index contributed by atoms with van der Waals surface area (Å²) in [5.74, 6) is -0.903. The predicted molar refractivity (Wildman–Crippen MR) is 265 cm³/mol. The zero-order valence-electron chi connectivity index (χ0n) is 41.1. The Bertz CT molecular complexity index is 1090. The maximum absolute atomic E-state index is 12.8. The van der Waals surface area contributed by atoms with E-state index in [2.05, 4.69) is 69.4 Å². The van der Waals surface area contributed by atoms with Gasteiger partial charge in [-0.1, -0.05) is 204 Å². The maximum atomic E-state index is 12.8. The van der Waals surface area contributed by atoms with Crippen LogP contribution in [0.25, 0.3) is 0 Å².